The molecule has 1 rings (SSSR count). The van der Waals surface area contributed by atoms with E-state index in [0.29, 0.717) is 12.4 Å². The van der Waals surface area contributed by atoms with Crippen molar-refractivity contribution >= 4 is 19.7 Å². The number of hydrogen-bond acceptors (Lipinski definition) is 3. The van der Waals surface area contributed by atoms with Gasteiger partial charge in [-0.2, -0.15) is 0 Å². The van der Waals surface area contributed by atoms with Crippen molar-refractivity contribution in [3.8, 4) is 0 Å². The number of aryl methyl sites for hydroxylation is 2. The number of aromatic nitrogens is 2. The van der Waals surface area contributed by atoms with Gasteiger partial charge in [0, 0.05) is 23.4 Å². The van der Waals surface area contributed by atoms with Gasteiger partial charge in [0.15, 0.2) is 5.03 Å². The summed E-state index contributed by atoms with van der Waals surface area (Å²) in [5.41, 5.74) is 0. The Labute approximate surface area is 87.6 Å². The highest BCUT2D eigenvalue weighted by Crippen LogP contribution is 2.14. The van der Waals surface area contributed by atoms with E-state index >= 15 is 0 Å². The van der Waals surface area contributed by atoms with Crippen molar-refractivity contribution in [2.75, 3.05) is 0 Å². The van der Waals surface area contributed by atoms with E-state index in [4.69, 9.17) is 10.7 Å². The van der Waals surface area contributed by atoms with Crippen LogP contribution >= 0.6 is 10.7 Å². The Morgan fingerprint density at radius 1 is 1.71 bits per heavy atom. The van der Waals surface area contributed by atoms with E-state index in [0.717, 1.165) is 6.42 Å². The van der Waals surface area contributed by atoms with Gasteiger partial charge in [0.05, 0.1) is 0 Å². The van der Waals surface area contributed by atoms with Crippen molar-refractivity contribution in [3.05, 3.63) is 24.7 Å². The third-order valence-corrected chi connectivity index (χ3v) is 2.95. The molecule has 0 saturated heterocycles. The van der Waals surface area contributed by atoms with Crippen molar-refractivity contribution < 1.29 is 8.42 Å². The summed E-state index contributed by atoms with van der Waals surface area (Å²) in [4.78, 5) is 3.84. The Bertz CT molecular complexity index is 436. The number of nitrogens with zero attached hydrogens (tertiary/aromatic N) is 2. The molecule has 78 valence electrons. The standard InChI is InChI=1S/C8H11ClN2O2S/c1-3-4-5-11-6-8(10-7(11)2)14(9,12)13/h3,6H,1,4-5H2,2H3. The van der Waals surface area contributed by atoms with E-state index in [1.54, 1.807) is 17.6 Å². The topological polar surface area (TPSA) is 52.0 Å². The minimum absolute atomic E-state index is 0.0965. The highest BCUT2D eigenvalue weighted by Gasteiger charge is 2.15. The molecule has 0 aliphatic carbocycles. The maximum absolute atomic E-state index is 10.9. The first-order valence-corrected chi connectivity index (χ1v) is 6.35. The third-order valence-electron chi connectivity index (χ3n) is 1.78. The predicted octanol–water partition coefficient (Wildman–Crippen LogP) is 1.70. The van der Waals surface area contributed by atoms with Crippen LogP contribution in [0.3, 0.4) is 0 Å². The molecule has 0 aliphatic heterocycles. The fourth-order valence-corrected chi connectivity index (χ4v) is 1.77. The summed E-state index contributed by atoms with van der Waals surface area (Å²) < 4.78 is 23.6. The van der Waals surface area contributed by atoms with Crippen LogP contribution in [0.4, 0.5) is 0 Å². The van der Waals surface area contributed by atoms with Gasteiger partial charge in [-0.05, 0) is 13.3 Å². The lowest BCUT2D eigenvalue weighted by molar-refractivity contribution is 0.606. The van der Waals surface area contributed by atoms with Gasteiger partial charge in [0.25, 0.3) is 9.05 Å². The van der Waals surface area contributed by atoms with Crippen molar-refractivity contribution in [1.29, 1.82) is 0 Å². The molecule has 0 radical (unpaired) electrons. The van der Waals surface area contributed by atoms with Gasteiger partial charge in [-0.1, -0.05) is 6.08 Å². The van der Waals surface area contributed by atoms with Gasteiger partial charge in [-0.25, -0.2) is 13.4 Å². The lowest BCUT2D eigenvalue weighted by atomic mass is 10.4. The van der Waals surface area contributed by atoms with Crippen molar-refractivity contribution in [2.45, 2.75) is 24.9 Å². The molecule has 1 aromatic rings. The van der Waals surface area contributed by atoms with E-state index < -0.39 is 9.05 Å². The van der Waals surface area contributed by atoms with Crippen LogP contribution in [0.15, 0.2) is 23.9 Å². The molecule has 0 aromatic carbocycles. The summed E-state index contributed by atoms with van der Waals surface area (Å²) in [6, 6.07) is 0. The van der Waals surface area contributed by atoms with Gasteiger partial charge in [-0.3, -0.25) is 0 Å². The van der Waals surface area contributed by atoms with E-state index in [9.17, 15) is 8.42 Å². The fraction of sp³-hybridized carbons (Fsp3) is 0.375. The Hall–Kier alpha value is -0.810. The number of allylic oxidation sites excluding steroid dienone is 1. The molecule has 0 aliphatic rings. The Balaban J connectivity index is 2.99. The molecule has 4 nitrogen and oxygen atoms in total. The minimum Gasteiger partial charge on any atom is -0.333 e. The molecule has 0 N–H and O–H groups in total. The number of hydrogen-bond donors (Lipinski definition) is 0. The molecule has 0 atom stereocenters. The molecule has 0 saturated carbocycles. The quantitative estimate of drug-likeness (QED) is 0.589. The molecule has 0 spiro atoms. The number of imidazole rings is 1. The number of halogens is 1. The molecule has 0 amide bonds. The summed E-state index contributed by atoms with van der Waals surface area (Å²) in [6.45, 7) is 5.98. The Morgan fingerprint density at radius 3 is 2.79 bits per heavy atom. The summed E-state index contributed by atoms with van der Waals surface area (Å²) in [7, 11) is 1.44. The van der Waals surface area contributed by atoms with Gasteiger partial charge >= 0.3 is 0 Å². The maximum atomic E-state index is 10.9. The van der Waals surface area contributed by atoms with Crippen LogP contribution < -0.4 is 0 Å². The molecular weight excluding hydrogens is 224 g/mol. The average molecular weight is 235 g/mol. The summed E-state index contributed by atoms with van der Waals surface area (Å²) >= 11 is 0. The molecular formula is C8H11ClN2O2S. The first-order valence-electron chi connectivity index (χ1n) is 4.04. The number of rotatable bonds is 4. The van der Waals surface area contributed by atoms with Gasteiger partial charge < -0.3 is 4.57 Å². The van der Waals surface area contributed by atoms with Crippen molar-refractivity contribution in [1.82, 2.24) is 9.55 Å². The fourth-order valence-electron chi connectivity index (χ4n) is 1.05. The normalized spacial score (nSPS) is 11.6. The van der Waals surface area contributed by atoms with Crippen molar-refractivity contribution in [3.63, 3.8) is 0 Å². The van der Waals surface area contributed by atoms with Crippen LogP contribution in [0.25, 0.3) is 0 Å². The van der Waals surface area contributed by atoms with Crippen molar-refractivity contribution in [2.24, 2.45) is 0 Å². The van der Waals surface area contributed by atoms with E-state index in [2.05, 4.69) is 11.6 Å². The zero-order valence-electron chi connectivity index (χ0n) is 7.77. The molecule has 0 fully saturated rings. The molecule has 0 bridgehead atoms. The zero-order chi connectivity index (χ0) is 10.8. The second kappa shape index (κ2) is 4.14. The van der Waals surface area contributed by atoms with Gasteiger partial charge in [0.2, 0.25) is 0 Å². The van der Waals surface area contributed by atoms with Crippen LogP contribution in [-0.4, -0.2) is 18.0 Å². The van der Waals surface area contributed by atoms with Gasteiger partial charge in [-0.15, -0.1) is 6.58 Å². The molecule has 14 heavy (non-hydrogen) atoms. The second-order valence-electron chi connectivity index (χ2n) is 2.83. The summed E-state index contributed by atoms with van der Waals surface area (Å²) in [5, 5.41) is -0.0965. The van der Waals surface area contributed by atoms with Crippen LogP contribution in [0.1, 0.15) is 12.2 Å². The van der Waals surface area contributed by atoms with Crippen LogP contribution in [0, 0.1) is 6.92 Å². The summed E-state index contributed by atoms with van der Waals surface area (Å²) in [6.07, 6.45) is 3.95. The molecule has 1 aromatic heterocycles. The highest BCUT2D eigenvalue weighted by molar-refractivity contribution is 8.13. The Morgan fingerprint density at radius 2 is 2.36 bits per heavy atom. The maximum Gasteiger partial charge on any atom is 0.280 e. The predicted molar refractivity (Wildman–Crippen MR) is 54.8 cm³/mol. The monoisotopic (exact) mass is 234 g/mol. The highest BCUT2D eigenvalue weighted by atomic mass is 35.7. The van der Waals surface area contributed by atoms with Gasteiger partial charge in [0.1, 0.15) is 5.82 Å². The zero-order valence-corrected chi connectivity index (χ0v) is 9.35. The van der Waals surface area contributed by atoms with Crippen LogP contribution in [-0.2, 0) is 15.6 Å². The molecule has 1 heterocycles. The van der Waals surface area contributed by atoms with Crippen LogP contribution in [0.2, 0.25) is 0 Å². The molecule has 6 heteroatoms. The van der Waals surface area contributed by atoms with E-state index in [-0.39, 0.29) is 5.03 Å². The minimum atomic E-state index is -3.72. The lowest BCUT2D eigenvalue weighted by Gasteiger charge is -1.99. The average Bonchev–Trinajstić information content (AvgIpc) is 2.43. The third kappa shape index (κ3) is 2.59. The summed E-state index contributed by atoms with van der Waals surface area (Å²) in [5.74, 6) is 0.631. The second-order valence-corrected chi connectivity index (χ2v) is 5.35. The first-order chi connectivity index (χ1) is 6.45. The SMILES string of the molecule is C=CCCn1cc(S(=O)(=O)Cl)nc1C. The first kappa shape index (κ1) is 11.3. The largest absolute Gasteiger partial charge is 0.333 e. The van der Waals surface area contributed by atoms with E-state index in [1.165, 1.54) is 6.20 Å². The molecule has 0 unspecified atom stereocenters. The smallest absolute Gasteiger partial charge is 0.280 e. The Kier molecular flexibility index (Phi) is 3.34. The van der Waals surface area contributed by atoms with E-state index in [1.807, 2.05) is 0 Å². The lowest BCUT2D eigenvalue weighted by Crippen LogP contribution is -1.97. The van der Waals surface area contributed by atoms with Crippen LogP contribution in [0.5, 0.6) is 0 Å².